The van der Waals surface area contributed by atoms with Gasteiger partial charge < -0.3 is 14.7 Å². The maximum atomic E-state index is 14.9. The minimum absolute atomic E-state index is 0.148. The van der Waals surface area contributed by atoms with Gasteiger partial charge in [-0.25, -0.2) is 17.2 Å². The number of rotatable bonds is 10. The lowest BCUT2D eigenvalue weighted by atomic mass is 9.84. The molecule has 0 spiro atoms. The van der Waals surface area contributed by atoms with Gasteiger partial charge in [0.15, 0.2) is 9.84 Å². The summed E-state index contributed by atoms with van der Waals surface area (Å²) in [6, 6.07) is 3.25. The Balaban J connectivity index is 1.87. The number of aliphatic carboxylic acids is 1. The van der Waals surface area contributed by atoms with Gasteiger partial charge in [-0.3, -0.25) is 9.59 Å². The lowest BCUT2D eigenvalue weighted by Gasteiger charge is -2.43. The molecule has 0 bridgehead atoms. The Hall–Kier alpha value is -3.43. The summed E-state index contributed by atoms with van der Waals surface area (Å²) in [6.07, 6.45) is -12.3. The van der Waals surface area contributed by atoms with Gasteiger partial charge in [0.05, 0.1) is 10.9 Å². The van der Waals surface area contributed by atoms with Gasteiger partial charge in [0.1, 0.15) is 22.9 Å². The van der Waals surface area contributed by atoms with E-state index in [2.05, 4.69) is 0 Å². The molecule has 16 heteroatoms. The van der Waals surface area contributed by atoms with E-state index in [1.807, 2.05) is 0 Å². The van der Waals surface area contributed by atoms with Gasteiger partial charge >= 0.3 is 24.0 Å². The number of fused-ring (bicyclic) bond motifs is 3. The van der Waals surface area contributed by atoms with Crippen LogP contribution < -0.4 is 4.74 Å². The second-order valence-corrected chi connectivity index (χ2v) is 13.3. The number of sulfone groups is 1. The first kappa shape index (κ1) is 34.4. The molecule has 1 N–H and O–H groups in total. The monoisotopic (exact) mass is 671 g/mol. The first-order valence-corrected chi connectivity index (χ1v) is 15.4. The topological polar surface area (TPSA) is 101 Å². The first-order valence-electron chi connectivity index (χ1n) is 14.0. The van der Waals surface area contributed by atoms with Crippen LogP contribution in [0.1, 0.15) is 56.6 Å². The van der Waals surface area contributed by atoms with Gasteiger partial charge in [-0.15, -0.1) is 0 Å². The van der Waals surface area contributed by atoms with Crippen molar-refractivity contribution < 1.29 is 63.0 Å². The molecule has 0 radical (unpaired) electrons. The normalized spacial score (nSPS) is 21.1. The van der Waals surface area contributed by atoms with Crippen molar-refractivity contribution in [1.82, 2.24) is 4.90 Å². The van der Waals surface area contributed by atoms with Crippen LogP contribution in [0.2, 0.25) is 0 Å². The molecule has 1 fully saturated rings. The van der Waals surface area contributed by atoms with Crippen molar-refractivity contribution in [3.8, 4) is 5.75 Å². The molecule has 4 rings (SSSR count). The minimum Gasteiger partial charge on any atom is -0.491 e. The Labute approximate surface area is 253 Å². The lowest BCUT2D eigenvalue weighted by Crippen LogP contribution is -2.56. The molecule has 2 unspecified atom stereocenters. The number of carboxylic acid groups (broad SMARTS) is 1. The standard InChI is InChI=1S/C29H29F8NO6S/c1-2-4-17(5-3-6-24(39)40)25(41)38-14-13-26(45(42,43)20-10-8-19(30)9-11-20)21-12-7-18(15-22(21)44-16-23(26)38)27(31,28(32,33)34)29(35,36)37/h7-12,15,17,23H,2-6,13-14,16H2,1H3,(H,39,40)/t17-,23?,26?/m1/s1. The summed E-state index contributed by atoms with van der Waals surface area (Å²) in [7, 11) is -4.68. The summed E-state index contributed by atoms with van der Waals surface area (Å²) in [4.78, 5) is 25.6. The second kappa shape index (κ2) is 12.1. The Bertz CT molecular complexity index is 1530. The molecule has 2 aromatic carbocycles. The number of amides is 1. The van der Waals surface area contributed by atoms with E-state index in [-0.39, 0.29) is 49.9 Å². The number of halogens is 8. The smallest absolute Gasteiger partial charge is 0.435 e. The zero-order chi connectivity index (χ0) is 33.6. The largest absolute Gasteiger partial charge is 0.491 e. The van der Waals surface area contributed by atoms with E-state index < -0.39 is 85.1 Å². The number of nitrogens with zero attached hydrogens (tertiary/aromatic N) is 1. The van der Waals surface area contributed by atoms with Crippen LogP contribution in [-0.2, 0) is 29.8 Å². The van der Waals surface area contributed by atoms with Gasteiger partial charge in [-0.2, -0.15) is 26.3 Å². The number of benzene rings is 2. The van der Waals surface area contributed by atoms with Crippen LogP contribution in [0.25, 0.3) is 0 Å². The molecule has 1 saturated heterocycles. The van der Waals surface area contributed by atoms with Crippen molar-refractivity contribution in [2.75, 3.05) is 13.2 Å². The molecule has 2 aliphatic heterocycles. The third-order valence-corrected chi connectivity index (χ3v) is 11.0. The van der Waals surface area contributed by atoms with Crippen molar-refractivity contribution in [3.05, 3.63) is 59.4 Å². The van der Waals surface area contributed by atoms with Crippen LogP contribution in [0, 0.1) is 11.7 Å². The molecule has 7 nitrogen and oxygen atoms in total. The number of carbonyl (C=O) groups excluding carboxylic acids is 1. The fourth-order valence-electron chi connectivity index (χ4n) is 6.28. The van der Waals surface area contributed by atoms with Crippen molar-refractivity contribution in [2.24, 2.45) is 5.92 Å². The summed E-state index contributed by atoms with van der Waals surface area (Å²) in [5.74, 6) is -3.85. The van der Waals surface area contributed by atoms with Crippen molar-refractivity contribution in [2.45, 2.75) is 79.2 Å². The number of ether oxygens (including phenoxy) is 1. The highest BCUT2D eigenvalue weighted by Crippen LogP contribution is 2.57. The van der Waals surface area contributed by atoms with E-state index in [0.29, 0.717) is 18.9 Å². The highest BCUT2D eigenvalue weighted by Gasteiger charge is 2.74. The molecule has 1 amide bonds. The lowest BCUT2D eigenvalue weighted by molar-refractivity contribution is -0.348. The van der Waals surface area contributed by atoms with Crippen LogP contribution >= 0.6 is 0 Å². The number of carbonyl (C=O) groups is 2. The van der Waals surface area contributed by atoms with Crippen molar-refractivity contribution >= 4 is 21.7 Å². The van der Waals surface area contributed by atoms with Crippen molar-refractivity contribution in [1.29, 1.82) is 0 Å². The van der Waals surface area contributed by atoms with Gasteiger partial charge in [-0.1, -0.05) is 25.5 Å². The van der Waals surface area contributed by atoms with E-state index in [4.69, 9.17) is 9.84 Å². The minimum atomic E-state index is -6.43. The number of hydrogen-bond acceptors (Lipinski definition) is 5. The summed E-state index contributed by atoms with van der Waals surface area (Å²) in [5.41, 5.74) is -8.06. The van der Waals surface area contributed by atoms with Gasteiger partial charge in [0, 0.05) is 30.0 Å². The zero-order valence-electron chi connectivity index (χ0n) is 23.7. The fourth-order valence-corrected chi connectivity index (χ4v) is 8.57. The molecule has 45 heavy (non-hydrogen) atoms. The SMILES string of the molecule is CCC[C@H](CCCC(=O)O)C(=O)N1CCC2(S(=O)(=O)c3ccc(F)cc3)c3ccc(C(F)(C(F)(F)F)C(F)(F)F)cc3OCC12. The summed E-state index contributed by atoms with van der Waals surface area (Å²) in [6.45, 7) is 0.884. The average Bonchev–Trinajstić information content (AvgIpc) is 3.36. The third kappa shape index (κ3) is 5.74. The molecule has 2 aliphatic rings. The second-order valence-electron chi connectivity index (χ2n) is 11.1. The van der Waals surface area contributed by atoms with E-state index in [1.54, 1.807) is 6.92 Å². The number of hydrogen-bond donors (Lipinski definition) is 1. The van der Waals surface area contributed by atoms with Crippen LogP contribution in [0.3, 0.4) is 0 Å². The van der Waals surface area contributed by atoms with Crippen molar-refractivity contribution in [3.63, 3.8) is 0 Å². The Morgan fingerprint density at radius 1 is 1.02 bits per heavy atom. The molecule has 0 aliphatic carbocycles. The predicted molar refractivity (Wildman–Crippen MR) is 142 cm³/mol. The molecule has 0 saturated carbocycles. The molecular weight excluding hydrogens is 642 g/mol. The Kier molecular flexibility index (Phi) is 9.23. The van der Waals surface area contributed by atoms with Crippen LogP contribution in [0.4, 0.5) is 35.1 Å². The number of alkyl halides is 7. The molecule has 3 atom stereocenters. The van der Waals surface area contributed by atoms with Gasteiger partial charge in [-0.05, 0) is 56.0 Å². The van der Waals surface area contributed by atoms with Gasteiger partial charge in [0.25, 0.3) is 0 Å². The van der Waals surface area contributed by atoms with E-state index in [1.165, 1.54) is 4.90 Å². The molecule has 248 valence electrons. The highest BCUT2D eigenvalue weighted by atomic mass is 32.2. The molecule has 2 heterocycles. The quantitative estimate of drug-likeness (QED) is 0.230. The van der Waals surface area contributed by atoms with Crippen LogP contribution in [-0.4, -0.2) is 61.8 Å². The maximum Gasteiger partial charge on any atom is 0.435 e. The molecule has 0 aromatic heterocycles. The van der Waals surface area contributed by atoms with E-state index in [9.17, 15) is 53.1 Å². The van der Waals surface area contributed by atoms with Crippen LogP contribution in [0.5, 0.6) is 5.75 Å². The van der Waals surface area contributed by atoms with Crippen LogP contribution in [0.15, 0.2) is 47.4 Å². The third-order valence-electron chi connectivity index (χ3n) is 8.47. The Morgan fingerprint density at radius 2 is 1.64 bits per heavy atom. The number of carboxylic acids is 1. The zero-order valence-corrected chi connectivity index (χ0v) is 24.5. The summed E-state index contributed by atoms with van der Waals surface area (Å²) >= 11 is 0. The summed E-state index contributed by atoms with van der Waals surface area (Å²) in [5, 5.41) is 9.01. The Morgan fingerprint density at radius 3 is 2.20 bits per heavy atom. The fraction of sp³-hybridized carbons (Fsp3) is 0.517. The maximum absolute atomic E-state index is 14.9. The van der Waals surface area contributed by atoms with E-state index >= 15 is 0 Å². The average molecular weight is 672 g/mol. The molecule has 2 aromatic rings. The summed E-state index contributed by atoms with van der Waals surface area (Å²) < 4.78 is 142. The number of likely N-dealkylation sites (tertiary alicyclic amines) is 1. The van der Waals surface area contributed by atoms with Gasteiger partial charge in [0.2, 0.25) is 5.91 Å². The van der Waals surface area contributed by atoms with E-state index in [0.717, 1.165) is 24.3 Å². The highest BCUT2D eigenvalue weighted by molar-refractivity contribution is 7.92. The first-order chi connectivity index (χ1) is 20.8. The molecular formula is C29H29F8NO6S. The predicted octanol–water partition coefficient (Wildman–Crippen LogP) is 6.45.